The molecule has 0 aliphatic heterocycles. The molecule has 2 aromatic rings. The molecule has 1 aliphatic carbocycles. The van der Waals surface area contributed by atoms with Crippen LogP contribution < -0.4 is 0 Å². The summed E-state index contributed by atoms with van der Waals surface area (Å²) in [5.74, 6) is 0. The Morgan fingerprint density at radius 3 is 2.21 bits per heavy atom. The predicted octanol–water partition coefficient (Wildman–Crippen LogP) is 6.59. The van der Waals surface area contributed by atoms with E-state index in [1.54, 1.807) is 0 Å². The van der Waals surface area contributed by atoms with Gasteiger partial charge in [0.1, 0.15) is 0 Å². The zero-order valence-electron chi connectivity index (χ0n) is 15.6. The molecule has 0 saturated heterocycles. The number of benzene rings is 2. The first-order valence-corrected chi connectivity index (χ1v) is 12.7. The van der Waals surface area contributed by atoms with Crippen LogP contribution >= 0.6 is 11.1 Å². The quantitative estimate of drug-likeness (QED) is 0.421. The lowest BCUT2D eigenvalue weighted by Crippen LogP contribution is -2.47. The van der Waals surface area contributed by atoms with E-state index in [2.05, 4.69) is 95.4 Å². The molecule has 0 spiro atoms. The van der Waals surface area contributed by atoms with E-state index in [0.717, 1.165) is 0 Å². The monoisotopic (exact) mass is 354 g/mol. The fourth-order valence-electron chi connectivity index (χ4n) is 3.95. The van der Waals surface area contributed by atoms with Gasteiger partial charge in [0.05, 0.1) is 0 Å². The zero-order chi connectivity index (χ0) is 17.8. The summed E-state index contributed by atoms with van der Waals surface area (Å²) in [5.41, 5.74) is 6.91. The normalized spacial score (nSPS) is 20.3. The van der Waals surface area contributed by atoms with Crippen molar-refractivity contribution in [3.8, 4) is 0 Å². The number of halogens is 1. The average Bonchev–Trinajstić information content (AvgIpc) is 2.86. The van der Waals surface area contributed by atoms with Crippen LogP contribution in [0.3, 0.4) is 0 Å². The lowest BCUT2D eigenvalue weighted by atomic mass is 9.82. The molecular formula is C22H27ClSi. The van der Waals surface area contributed by atoms with Gasteiger partial charge in [-0.3, -0.25) is 0 Å². The van der Waals surface area contributed by atoms with Crippen molar-refractivity contribution in [3.63, 3.8) is 0 Å². The molecular weight excluding hydrogens is 328 g/mol. The topological polar surface area (TPSA) is 0 Å². The molecule has 0 nitrogen and oxygen atoms in total. The Hall–Kier alpha value is -1.31. The predicted molar refractivity (Wildman–Crippen MR) is 109 cm³/mol. The van der Waals surface area contributed by atoms with E-state index in [1.165, 1.54) is 27.8 Å². The Kier molecular flexibility index (Phi) is 4.09. The first-order chi connectivity index (χ1) is 11.1. The van der Waals surface area contributed by atoms with Gasteiger partial charge in [-0.1, -0.05) is 88.5 Å². The molecule has 0 radical (unpaired) electrons. The Labute approximate surface area is 152 Å². The van der Waals surface area contributed by atoms with E-state index in [4.69, 9.17) is 11.1 Å². The third-order valence-electron chi connectivity index (χ3n) is 5.35. The van der Waals surface area contributed by atoms with E-state index in [0.29, 0.717) is 0 Å². The summed E-state index contributed by atoms with van der Waals surface area (Å²) in [6.07, 6.45) is 4.61. The van der Waals surface area contributed by atoms with Crippen LogP contribution in [0.4, 0.5) is 0 Å². The highest BCUT2D eigenvalue weighted by molar-refractivity contribution is 7.21. The molecule has 0 bridgehead atoms. The molecule has 1 unspecified atom stereocenters. The van der Waals surface area contributed by atoms with E-state index in [1.807, 2.05) is 0 Å². The molecule has 126 valence electrons. The Bertz CT molecular complexity index is 805. The molecule has 0 N–H and O–H groups in total. The molecule has 1 aliphatic rings. The van der Waals surface area contributed by atoms with Crippen LogP contribution in [0.1, 0.15) is 48.6 Å². The maximum Gasteiger partial charge on any atom is 0.168 e. The van der Waals surface area contributed by atoms with Crippen LogP contribution in [0.5, 0.6) is 0 Å². The van der Waals surface area contributed by atoms with Crippen molar-refractivity contribution in [3.05, 3.63) is 76.4 Å². The molecule has 0 fully saturated rings. The maximum atomic E-state index is 7.15. The zero-order valence-corrected chi connectivity index (χ0v) is 17.3. The van der Waals surface area contributed by atoms with Gasteiger partial charge in [-0.05, 0) is 40.2 Å². The lowest BCUT2D eigenvalue weighted by molar-refractivity contribution is 0.589. The van der Waals surface area contributed by atoms with Crippen LogP contribution in [-0.4, -0.2) is 7.38 Å². The first-order valence-electron chi connectivity index (χ1n) is 8.67. The molecule has 0 amide bonds. The fourth-order valence-corrected chi connectivity index (χ4v) is 7.02. The summed E-state index contributed by atoms with van der Waals surface area (Å²) < 4.78 is 0. The van der Waals surface area contributed by atoms with Crippen molar-refractivity contribution in [1.82, 2.24) is 0 Å². The second-order valence-corrected chi connectivity index (χ2v) is 15.0. The minimum absolute atomic E-state index is 0.161. The minimum Gasteiger partial charge on any atom is -0.166 e. The van der Waals surface area contributed by atoms with Crippen molar-refractivity contribution < 1.29 is 0 Å². The Morgan fingerprint density at radius 2 is 1.62 bits per heavy atom. The third kappa shape index (κ3) is 2.59. The molecule has 3 rings (SSSR count). The highest BCUT2D eigenvalue weighted by atomic mass is 35.6. The second kappa shape index (κ2) is 5.61. The van der Waals surface area contributed by atoms with Gasteiger partial charge in [0, 0.05) is 5.04 Å². The summed E-state index contributed by atoms with van der Waals surface area (Å²) >= 11 is 7.15. The van der Waals surface area contributed by atoms with Gasteiger partial charge in [0.2, 0.25) is 0 Å². The standard InChI is InChI=1S/C22H27ClSi/c1-16-15-18(21(2,3)4)11-12-19(16)22(24(5,6)23)14-13-17-9-7-8-10-20(17)22/h7-15H,1-6H3. The molecule has 2 aromatic carbocycles. The van der Waals surface area contributed by atoms with Crippen LogP contribution in [-0.2, 0) is 10.5 Å². The Morgan fingerprint density at radius 1 is 0.958 bits per heavy atom. The van der Waals surface area contributed by atoms with Crippen LogP contribution in [0.15, 0.2) is 48.5 Å². The summed E-state index contributed by atoms with van der Waals surface area (Å²) in [6.45, 7) is 13.6. The number of hydrogen-bond acceptors (Lipinski definition) is 0. The van der Waals surface area contributed by atoms with Gasteiger partial charge in [0.15, 0.2) is 7.38 Å². The van der Waals surface area contributed by atoms with Crippen LogP contribution in [0.25, 0.3) is 6.08 Å². The highest BCUT2D eigenvalue weighted by Gasteiger charge is 2.50. The lowest BCUT2D eigenvalue weighted by Gasteiger charge is -2.40. The van der Waals surface area contributed by atoms with Gasteiger partial charge < -0.3 is 0 Å². The molecule has 2 heteroatoms. The SMILES string of the molecule is Cc1cc(C(C)(C)C)ccc1C1([Si](C)(C)Cl)C=Cc2ccccc21. The number of hydrogen-bond donors (Lipinski definition) is 0. The van der Waals surface area contributed by atoms with Crippen molar-refractivity contribution in [2.45, 2.75) is 51.2 Å². The molecule has 24 heavy (non-hydrogen) atoms. The minimum atomic E-state index is -2.08. The average molecular weight is 355 g/mol. The van der Waals surface area contributed by atoms with Gasteiger partial charge in [0.25, 0.3) is 0 Å². The number of rotatable bonds is 2. The number of aryl methyl sites for hydroxylation is 1. The van der Waals surface area contributed by atoms with E-state index in [9.17, 15) is 0 Å². The van der Waals surface area contributed by atoms with E-state index in [-0.39, 0.29) is 10.5 Å². The van der Waals surface area contributed by atoms with E-state index < -0.39 is 7.38 Å². The van der Waals surface area contributed by atoms with Crippen molar-refractivity contribution in [1.29, 1.82) is 0 Å². The van der Waals surface area contributed by atoms with Gasteiger partial charge >= 0.3 is 0 Å². The Balaban J connectivity index is 2.27. The summed E-state index contributed by atoms with van der Waals surface area (Å²) in [7, 11) is -2.08. The van der Waals surface area contributed by atoms with Crippen molar-refractivity contribution >= 4 is 24.5 Å². The molecule has 0 aromatic heterocycles. The summed E-state index contributed by atoms with van der Waals surface area (Å²) in [4.78, 5) is 0. The van der Waals surface area contributed by atoms with Gasteiger partial charge in [-0.2, -0.15) is 11.1 Å². The fraction of sp³-hybridized carbons (Fsp3) is 0.364. The van der Waals surface area contributed by atoms with Gasteiger partial charge in [-0.15, -0.1) is 0 Å². The van der Waals surface area contributed by atoms with Crippen LogP contribution in [0.2, 0.25) is 13.1 Å². The maximum absolute atomic E-state index is 7.15. The van der Waals surface area contributed by atoms with E-state index >= 15 is 0 Å². The van der Waals surface area contributed by atoms with Crippen molar-refractivity contribution in [2.75, 3.05) is 0 Å². The summed E-state index contributed by atoms with van der Waals surface area (Å²) in [5, 5.41) is -0.161. The summed E-state index contributed by atoms with van der Waals surface area (Å²) in [6, 6.07) is 15.7. The first kappa shape index (κ1) is 17.5. The second-order valence-electron chi connectivity index (χ2n) is 8.48. The molecule has 0 saturated carbocycles. The number of allylic oxidation sites excluding steroid dienone is 1. The number of fused-ring (bicyclic) bond motifs is 1. The third-order valence-corrected chi connectivity index (χ3v) is 8.83. The van der Waals surface area contributed by atoms with Crippen molar-refractivity contribution in [2.24, 2.45) is 0 Å². The van der Waals surface area contributed by atoms with Crippen LogP contribution in [0, 0.1) is 6.92 Å². The molecule has 1 atom stereocenters. The molecule has 0 heterocycles. The largest absolute Gasteiger partial charge is 0.168 e. The van der Waals surface area contributed by atoms with Gasteiger partial charge in [-0.25, -0.2) is 0 Å². The highest BCUT2D eigenvalue weighted by Crippen LogP contribution is 2.50. The smallest absolute Gasteiger partial charge is 0.166 e.